The lowest BCUT2D eigenvalue weighted by molar-refractivity contribution is 0.112. The zero-order valence-electron chi connectivity index (χ0n) is 9.97. The van der Waals surface area contributed by atoms with E-state index in [1.165, 1.54) is 37.4 Å². The van der Waals surface area contributed by atoms with E-state index in [-0.39, 0.29) is 0 Å². The van der Waals surface area contributed by atoms with Crippen LogP contribution in [0.15, 0.2) is 12.1 Å². The molecule has 0 spiro atoms. The first-order valence-electron chi connectivity index (χ1n) is 6.41. The van der Waals surface area contributed by atoms with Gasteiger partial charge < -0.3 is 4.90 Å². The minimum absolute atomic E-state index is 0.735. The zero-order chi connectivity index (χ0) is 11.7. The molecule has 2 fully saturated rings. The van der Waals surface area contributed by atoms with Gasteiger partial charge in [0.2, 0.25) is 0 Å². The Bertz CT molecular complexity index is 404. The van der Waals surface area contributed by atoms with E-state index in [9.17, 15) is 4.79 Å². The van der Waals surface area contributed by atoms with Crippen LogP contribution in [0, 0.1) is 0 Å². The number of hydrogen-bond acceptors (Lipinski definition) is 4. The molecule has 0 bridgehead atoms. The molecule has 1 aromatic rings. The Hall–Kier alpha value is -0.870. The number of aldehydes is 1. The van der Waals surface area contributed by atoms with Crippen LogP contribution < -0.4 is 4.90 Å². The Labute approximate surface area is 106 Å². The normalized spacial score (nSPS) is 25.6. The molecule has 0 aromatic carbocycles. The maximum Gasteiger partial charge on any atom is 0.160 e. The van der Waals surface area contributed by atoms with Gasteiger partial charge in [0.15, 0.2) is 6.29 Å². The van der Waals surface area contributed by atoms with Gasteiger partial charge in [-0.2, -0.15) is 0 Å². The van der Waals surface area contributed by atoms with Crippen LogP contribution in [0.4, 0.5) is 5.00 Å². The fourth-order valence-corrected chi connectivity index (χ4v) is 3.79. The van der Waals surface area contributed by atoms with Crippen LogP contribution in [0.5, 0.6) is 0 Å². The van der Waals surface area contributed by atoms with Crippen LogP contribution in [0.1, 0.15) is 28.9 Å². The molecule has 2 aliphatic rings. The van der Waals surface area contributed by atoms with Crippen LogP contribution >= 0.6 is 11.3 Å². The van der Waals surface area contributed by atoms with Crippen molar-refractivity contribution < 1.29 is 4.79 Å². The van der Waals surface area contributed by atoms with Gasteiger partial charge in [-0.3, -0.25) is 9.69 Å². The molecule has 1 atom stereocenters. The molecule has 3 rings (SSSR count). The number of carbonyl (C=O) groups is 1. The number of piperidine rings is 1. The average Bonchev–Trinajstić information content (AvgIpc) is 2.87. The molecular weight excluding hydrogens is 232 g/mol. The predicted molar refractivity (Wildman–Crippen MR) is 71.1 cm³/mol. The molecule has 1 unspecified atom stereocenters. The topological polar surface area (TPSA) is 23.6 Å². The summed E-state index contributed by atoms with van der Waals surface area (Å²) in [4.78, 5) is 16.6. The molecule has 3 heterocycles. The van der Waals surface area contributed by atoms with E-state index in [0.29, 0.717) is 0 Å². The van der Waals surface area contributed by atoms with Crippen LogP contribution in [-0.4, -0.2) is 43.4 Å². The van der Waals surface area contributed by atoms with E-state index in [1.807, 2.05) is 6.07 Å². The van der Waals surface area contributed by atoms with Crippen LogP contribution in [-0.2, 0) is 0 Å². The second-order valence-electron chi connectivity index (χ2n) is 4.93. The molecule has 17 heavy (non-hydrogen) atoms. The number of fused-ring (bicyclic) bond motifs is 1. The van der Waals surface area contributed by atoms with Crippen molar-refractivity contribution >= 4 is 22.6 Å². The first-order chi connectivity index (χ1) is 8.36. The highest BCUT2D eigenvalue weighted by atomic mass is 32.1. The maximum absolute atomic E-state index is 10.7. The molecule has 4 heteroatoms. The van der Waals surface area contributed by atoms with Gasteiger partial charge in [0.05, 0.1) is 9.88 Å². The Balaban J connectivity index is 1.70. The highest BCUT2D eigenvalue weighted by Gasteiger charge is 2.29. The highest BCUT2D eigenvalue weighted by Crippen LogP contribution is 2.29. The number of piperazine rings is 1. The van der Waals surface area contributed by atoms with E-state index in [1.54, 1.807) is 11.3 Å². The monoisotopic (exact) mass is 250 g/mol. The molecular formula is C13H18N2OS. The summed E-state index contributed by atoms with van der Waals surface area (Å²) in [6, 6.07) is 4.76. The molecule has 0 N–H and O–H groups in total. The molecule has 2 aliphatic heterocycles. The summed E-state index contributed by atoms with van der Waals surface area (Å²) in [6.45, 7) is 4.70. The first kappa shape index (κ1) is 11.2. The van der Waals surface area contributed by atoms with Gasteiger partial charge in [-0.25, -0.2) is 0 Å². The summed E-state index contributed by atoms with van der Waals surface area (Å²) in [7, 11) is 0. The maximum atomic E-state index is 10.7. The summed E-state index contributed by atoms with van der Waals surface area (Å²) in [6.07, 6.45) is 5.03. The molecule has 1 aromatic heterocycles. The lowest BCUT2D eigenvalue weighted by atomic mass is 10.00. The van der Waals surface area contributed by atoms with Crippen molar-refractivity contribution in [2.45, 2.75) is 25.3 Å². The fraction of sp³-hybridized carbons (Fsp3) is 0.615. The van der Waals surface area contributed by atoms with Gasteiger partial charge in [-0.1, -0.05) is 6.42 Å². The summed E-state index contributed by atoms with van der Waals surface area (Å²) >= 11 is 1.62. The van der Waals surface area contributed by atoms with E-state index in [0.717, 1.165) is 30.3 Å². The lowest BCUT2D eigenvalue weighted by Gasteiger charge is -2.44. The van der Waals surface area contributed by atoms with Crippen molar-refractivity contribution in [3.05, 3.63) is 17.0 Å². The van der Waals surface area contributed by atoms with Gasteiger partial charge in [0.25, 0.3) is 0 Å². The Kier molecular flexibility index (Phi) is 3.16. The van der Waals surface area contributed by atoms with Crippen LogP contribution in [0.2, 0.25) is 0 Å². The van der Waals surface area contributed by atoms with E-state index < -0.39 is 0 Å². The van der Waals surface area contributed by atoms with E-state index >= 15 is 0 Å². The highest BCUT2D eigenvalue weighted by molar-refractivity contribution is 7.17. The van der Waals surface area contributed by atoms with Gasteiger partial charge in [0, 0.05) is 25.7 Å². The third-order valence-corrected chi connectivity index (χ3v) is 4.95. The smallest absolute Gasteiger partial charge is 0.160 e. The number of nitrogens with zero attached hydrogens (tertiary/aromatic N) is 2. The molecule has 2 saturated heterocycles. The third-order valence-electron chi connectivity index (χ3n) is 3.88. The molecule has 3 nitrogen and oxygen atoms in total. The van der Waals surface area contributed by atoms with Crippen LogP contribution in [0.25, 0.3) is 0 Å². The van der Waals surface area contributed by atoms with E-state index in [2.05, 4.69) is 15.9 Å². The molecule has 0 aliphatic carbocycles. The summed E-state index contributed by atoms with van der Waals surface area (Å²) in [5.41, 5.74) is 0. The number of carbonyl (C=O) groups excluding carboxylic acids is 1. The van der Waals surface area contributed by atoms with Crippen molar-refractivity contribution in [1.82, 2.24) is 4.90 Å². The molecule has 92 valence electrons. The lowest BCUT2D eigenvalue weighted by Crippen LogP contribution is -2.54. The van der Waals surface area contributed by atoms with Crippen molar-refractivity contribution in [3.8, 4) is 0 Å². The molecule has 0 amide bonds. The minimum atomic E-state index is 0.735. The van der Waals surface area contributed by atoms with Gasteiger partial charge >= 0.3 is 0 Å². The van der Waals surface area contributed by atoms with Crippen molar-refractivity contribution in [1.29, 1.82) is 0 Å². The summed E-state index contributed by atoms with van der Waals surface area (Å²) in [5.74, 6) is 0. The number of hydrogen-bond donors (Lipinski definition) is 0. The zero-order valence-corrected chi connectivity index (χ0v) is 10.8. The standard InChI is InChI=1S/C13H18N2OS/c16-10-12-4-5-13(17-12)15-8-7-14-6-2-1-3-11(14)9-15/h4-5,10-11H,1-3,6-9H2. The summed E-state index contributed by atoms with van der Waals surface area (Å²) < 4.78 is 0. The minimum Gasteiger partial charge on any atom is -0.361 e. The average molecular weight is 250 g/mol. The van der Waals surface area contributed by atoms with Crippen molar-refractivity contribution in [2.24, 2.45) is 0 Å². The quantitative estimate of drug-likeness (QED) is 0.752. The van der Waals surface area contributed by atoms with Crippen molar-refractivity contribution in [3.63, 3.8) is 0 Å². The Morgan fingerprint density at radius 3 is 3.00 bits per heavy atom. The van der Waals surface area contributed by atoms with Crippen LogP contribution in [0.3, 0.4) is 0 Å². The number of anilines is 1. The Morgan fingerprint density at radius 2 is 2.18 bits per heavy atom. The van der Waals surface area contributed by atoms with Gasteiger partial charge in [-0.05, 0) is 31.5 Å². The third kappa shape index (κ3) is 2.24. The van der Waals surface area contributed by atoms with Crippen molar-refractivity contribution in [2.75, 3.05) is 31.1 Å². The second-order valence-corrected chi connectivity index (χ2v) is 6.02. The number of rotatable bonds is 2. The van der Waals surface area contributed by atoms with Gasteiger partial charge in [-0.15, -0.1) is 11.3 Å². The Morgan fingerprint density at radius 1 is 1.24 bits per heavy atom. The first-order valence-corrected chi connectivity index (χ1v) is 7.22. The van der Waals surface area contributed by atoms with Gasteiger partial charge in [0.1, 0.15) is 0 Å². The molecule has 0 saturated carbocycles. The second kappa shape index (κ2) is 4.78. The fourth-order valence-electron chi connectivity index (χ4n) is 2.93. The molecule has 0 radical (unpaired) electrons. The predicted octanol–water partition coefficient (Wildman–Crippen LogP) is 2.24. The summed E-state index contributed by atoms with van der Waals surface area (Å²) in [5, 5.41) is 1.26. The SMILES string of the molecule is O=Cc1ccc(N2CCN3CCCCC3C2)s1. The van der Waals surface area contributed by atoms with E-state index in [4.69, 9.17) is 0 Å². The number of thiophene rings is 1. The largest absolute Gasteiger partial charge is 0.361 e.